The van der Waals surface area contributed by atoms with E-state index in [-0.39, 0.29) is 15.7 Å². The Morgan fingerprint density at radius 1 is 0.971 bits per heavy atom. The normalized spacial score (nSPS) is 18.3. The van der Waals surface area contributed by atoms with Crippen LogP contribution in [0.1, 0.15) is 25.7 Å². The maximum Gasteiger partial charge on any atom is 0.264 e. The van der Waals surface area contributed by atoms with E-state index in [1.54, 1.807) is 30.5 Å². The molecular weight excluding hydrogens is 486 g/mol. The molecule has 0 saturated heterocycles. The number of anilines is 2. The molecule has 9 nitrogen and oxygen atoms in total. The Hall–Kier alpha value is -3.34. The van der Waals surface area contributed by atoms with E-state index in [2.05, 4.69) is 30.2 Å². The quantitative estimate of drug-likeness (QED) is 0.351. The summed E-state index contributed by atoms with van der Waals surface area (Å²) in [7, 11) is -3.88. The summed E-state index contributed by atoms with van der Waals surface area (Å²) in [5.74, 6) is 0.706. The lowest BCUT2D eigenvalue weighted by atomic mass is 9.92. The van der Waals surface area contributed by atoms with Crippen LogP contribution in [0.5, 0.6) is 0 Å². The highest BCUT2D eigenvalue weighted by Crippen LogP contribution is 2.26. The lowest BCUT2D eigenvalue weighted by Crippen LogP contribution is -2.33. The SMILES string of the molecule is NC1CCC(Nc2ncc3cc(-c4ccc(NS(=O)(=O)c5ccccc5Cl)nn4)ccc3n2)CC1. The van der Waals surface area contributed by atoms with Crippen molar-refractivity contribution in [3.05, 3.63) is 65.8 Å². The minimum Gasteiger partial charge on any atom is -0.351 e. The molecule has 0 aliphatic heterocycles. The molecule has 1 saturated carbocycles. The van der Waals surface area contributed by atoms with Gasteiger partial charge in [-0.3, -0.25) is 4.72 Å². The number of benzene rings is 2. The first-order valence-corrected chi connectivity index (χ1v) is 13.1. The van der Waals surface area contributed by atoms with Gasteiger partial charge in [-0.2, -0.15) is 0 Å². The number of nitrogens with zero attached hydrogens (tertiary/aromatic N) is 4. The molecule has 0 radical (unpaired) electrons. The monoisotopic (exact) mass is 509 g/mol. The molecule has 1 aliphatic rings. The summed E-state index contributed by atoms with van der Waals surface area (Å²) in [6.45, 7) is 0. The second-order valence-corrected chi connectivity index (χ2v) is 10.6. The molecule has 0 spiro atoms. The topological polar surface area (TPSA) is 136 Å². The number of fused-ring (bicyclic) bond motifs is 1. The molecule has 1 fully saturated rings. The Labute approximate surface area is 208 Å². The first-order chi connectivity index (χ1) is 16.9. The van der Waals surface area contributed by atoms with Gasteiger partial charge in [-0.25, -0.2) is 18.4 Å². The molecule has 4 aromatic rings. The smallest absolute Gasteiger partial charge is 0.264 e. The third kappa shape index (κ3) is 5.34. The van der Waals surface area contributed by atoms with Gasteiger partial charge in [0.05, 0.1) is 16.2 Å². The Morgan fingerprint density at radius 3 is 2.51 bits per heavy atom. The zero-order chi connectivity index (χ0) is 24.4. The number of hydrogen-bond donors (Lipinski definition) is 3. The fourth-order valence-corrected chi connectivity index (χ4v) is 5.62. The van der Waals surface area contributed by atoms with Crippen LogP contribution in [-0.2, 0) is 10.0 Å². The molecule has 35 heavy (non-hydrogen) atoms. The third-order valence-electron chi connectivity index (χ3n) is 6.01. The molecule has 5 rings (SSSR count). The largest absolute Gasteiger partial charge is 0.351 e. The third-order valence-corrected chi connectivity index (χ3v) is 7.86. The first kappa shape index (κ1) is 23.4. The van der Waals surface area contributed by atoms with Gasteiger partial charge in [-0.05, 0) is 62.1 Å². The Balaban J connectivity index is 1.30. The zero-order valence-corrected chi connectivity index (χ0v) is 20.3. The van der Waals surface area contributed by atoms with Crippen LogP contribution in [0.3, 0.4) is 0 Å². The van der Waals surface area contributed by atoms with Crippen molar-refractivity contribution in [1.29, 1.82) is 0 Å². The van der Waals surface area contributed by atoms with Crippen molar-refractivity contribution in [3.63, 3.8) is 0 Å². The molecule has 0 unspecified atom stereocenters. The molecule has 11 heteroatoms. The molecule has 0 bridgehead atoms. The van der Waals surface area contributed by atoms with Crippen LogP contribution in [0.25, 0.3) is 22.2 Å². The van der Waals surface area contributed by atoms with Gasteiger partial charge in [-0.15, -0.1) is 10.2 Å². The van der Waals surface area contributed by atoms with Gasteiger partial charge in [0.1, 0.15) is 4.90 Å². The van der Waals surface area contributed by atoms with Crippen molar-refractivity contribution in [2.45, 2.75) is 42.7 Å². The highest BCUT2D eigenvalue weighted by molar-refractivity contribution is 7.92. The zero-order valence-electron chi connectivity index (χ0n) is 18.7. The fraction of sp³-hybridized carbons (Fsp3) is 0.250. The van der Waals surface area contributed by atoms with Crippen LogP contribution >= 0.6 is 11.6 Å². The summed E-state index contributed by atoms with van der Waals surface area (Å²) in [5, 5.41) is 12.6. The van der Waals surface area contributed by atoms with E-state index in [9.17, 15) is 8.42 Å². The molecule has 0 atom stereocenters. The van der Waals surface area contributed by atoms with Gasteiger partial charge in [0.25, 0.3) is 10.0 Å². The van der Waals surface area contributed by atoms with Crippen molar-refractivity contribution < 1.29 is 8.42 Å². The second kappa shape index (κ2) is 9.73. The number of nitrogens with two attached hydrogens (primary N) is 1. The highest BCUT2D eigenvalue weighted by Gasteiger charge is 2.20. The van der Waals surface area contributed by atoms with Crippen LogP contribution in [0, 0.1) is 0 Å². The van der Waals surface area contributed by atoms with Gasteiger partial charge < -0.3 is 11.1 Å². The first-order valence-electron chi connectivity index (χ1n) is 11.3. The average molecular weight is 510 g/mol. The van der Waals surface area contributed by atoms with E-state index in [0.29, 0.717) is 23.7 Å². The van der Waals surface area contributed by atoms with E-state index in [0.717, 1.165) is 42.1 Å². The van der Waals surface area contributed by atoms with Gasteiger partial charge in [0.2, 0.25) is 5.95 Å². The van der Waals surface area contributed by atoms with Gasteiger partial charge in [-0.1, -0.05) is 29.8 Å². The van der Waals surface area contributed by atoms with Crippen molar-refractivity contribution >= 4 is 44.3 Å². The molecule has 4 N–H and O–H groups in total. The summed E-state index contributed by atoms with van der Waals surface area (Å²) in [6, 6.07) is 15.8. The number of halogens is 1. The molecular formula is C24H24ClN7O2S. The van der Waals surface area contributed by atoms with Crippen molar-refractivity contribution in [1.82, 2.24) is 20.2 Å². The van der Waals surface area contributed by atoms with Crippen LogP contribution in [0.2, 0.25) is 5.02 Å². The maximum absolute atomic E-state index is 12.6. The van der Waals surface area contributed by atoms with Gasteiger partial charge >= 0.3 is 0 Å². The van der Waals surface area contributed by atoms with Crippen LogP contribution in [-0.4, -0.2) is 40.7 Å². The van der Waals surface area contributed by atoms with Crippen LogP contribution in [0.15, 0.2) is 65.7 Å². The molecule has 2 aromatic carbocycles. The summed E-state index contributed by atoms with van der Waals surface area (Å²) in [6.07, 6.45) is 5.84. The van der Waals surface area contributed by atoms with Gasteiger partial charge in [0, 0.05) is 29.2 Å². The second-order valence-electron chi connectivity index (χ2n) is 8.56. The van der Waals surface area contributed by atoms with E-state index < -0.39 is 10.0 Å². The number of sulfonamides is 1. The summed E-state index contributed by atoms with van der Waals surface area (Å²) < 4.78 is 27.6. The molecule has 0 amide bonds. The maximum atomic E-state index is 12.6. The molecule has 2 heterocycles. The van der Waals surface area contributed by atoms with Gasteiger partial charge in [0.15, 0.2) is 5.82 Å². The predicted molar refractivity (Wildman–Crippen MR) is 137 cm³/mol. The number of hydrogen-bond acceptors (Lipinski definition) is 8. The average Bonchev–Trinajstić information content (AvgIpc) is 2.85. The minimum absolute atomic E-state index is 0.0250. The van der Waals surface area contributed by atoms with Crippen molar-refractivity contribution in [2.24, 2.45) is 5.73 Å². The number of nitrogens with one attached hydrogen (secondary N) is 2. The predicted octanol–water partition coefficient (Wildman–Crippen LogP) is 4.22. The lowest BCUT2D eigenvalue weighted by Gasteiger charge is -2.26. The van der Waals surface area contributed by atoms with E-state index in [4.69, 9.17) is 17.3 Å². The summed E-state index contributed by atoms with van der Waals surface area (Å²) in [4.78, 5) is 9.08. The minimum atomic E-state index is -3.88. The summed E-state index contributed by atoms with van der Waals surface area (Å²) in [5.41, 5.74) is 8.21. The van der Waals surface area contributed by atoms with Crippen molar-refractivity contribution in [3.8, 4) is 11.3 Å². The standard InChI is InChI=1S/C24H24ClN7O2S/c25-19-3-1-2-4-22(19)35(33,34)32-23-12-11-21(30-31-23)15-5-10-20-16(13-15)14-27-24(29-20)28-18-8-6-17(26)7-9-18/h1-5,10-14,17-18H,6-9,26H2,(H,31,32)(H,27,28,29). The van der Waals surface area contributed by atoms with Crippen molar-refractivity contribution in [2.75, 3.05) is 10.0 Å². The Kier molecular flexibility index (Phi) is 6.50. The van der Waals surface area contributed by atoms with Crippen LogP contribution in [0.4, 0.5) is 11.8 Å². The number of aromatic nitrogens is 4. The fourth-order valence-electron chi connectivity index (χ4n) is 4.10. The van der Waals surface area contributed by atoms with E-state index in [1.807, 2.05) is 18.2 Å². The highest BCUT2D eigenvalue weighted by atomic mass is 35.5. The molecule has 180 valence electrons. The summed E-state index contributed by atoms with van der Waals surface area (Å²) >= 11 is 6.02. The van der Waals surface area contributed by atoms with E-state index in [1.165, 1.54) is 12.1 Å². The Bertz CT molecular complexity index is 1460. The number of rotatable bonds is 6. The lowest BCUT2D eigenvalue weighted by molar-refractivity contribution is 0.410. The molecule has 1 aliphatic carbocycles. The van der Waals surface area contributed by atoms with Crippen LogP contribution < -0.4 is 15.8 Å². The van der Waals surface area contributed by atoms with E-state index >= 15 is 0 Å². The molecule has 2 aromatic heterocycles. The Morgan fingerprint density at radius 2 is 1.77 bits per heavy atom.